The van der Waals surface area contributed by atoms with Gasteiger partial charge >= 0.3 is 6.09 Å². The zero-order valence-electron chi connectivity index (χ0n) is 18.6. The van der Waals surface area contributed by atoms with E-state index >= 15 is 0 Å². The van der Waals surface area contributed by atoms with Crippen molar-refractivity contribution in [1.82, 2.24) is 9.88 Å². The molecule has 0 N–H and O–H groups in total. The molecule has 1 aliphatic heterocycles. The average Bonchev–Trinajstić information content (AvgIpc) is 3.16. The first-order chi connectivity index (χ1) is 15.4. The number of carbonyl (C=O) groups excluding carboxylic acids is 2. The molecule has 3 rings (SSSR count). The largest absolute Gasteiger partial charge is 0.447 e. The lowest BCUT2D eigenvalue weighted by Crippen LogP contribution is -2.43. The predicted molar refractivity (Wildman–Crippen MR) is 120 cm³/mol. The summed E-state index contributed by atoms with van der Waals surface area (Å²) in [5, 5.41) is 0.536. The van der Waals surface area contributed by atoms with Gasteiger partial charge in [0.05, 0.1) is 6.04 Å². The fraction of sp³-hybridized carbons (Fsp3) is 0.458. The van der Waals surface area contributed by atoms with E-state index in [0.29, 0.717) is 36.4 Å². The minimum Gasteiger partial charge on any atom is -0.447 e. The van der Waals surface area contributed by atoms with Crippen molar-refractivity contribution in [2.75, 3.05) is 20.8 Å². The highest BCUT2D eigenvalue weighted by Gasteiger charge is 2.40. The van der Waals surface area contributed by atoms with E-state index in [0.717, 1.165) is 5.56 Å². The average molecular weight is 461 g/mol. The second-order valence-electron chi connectivity index (χ2n) is 7.94. The lowest BCUT2D eigenvalue weighted by Gasteiger charge is -2.31. The summed E-state index contributed by atoms with van der Waals surface area (Å²) >= 11 is 6.10. The SMILES string of the molecule is COC(CCCC(C)C(=O)N1C(=O)OCC1Cc1ccccc1)(OC)c1cc(Cl)ccn1. The van der Waals surface area contributed by atoms with E-state index in [4.69, 9.17) is 25.8 Å². The summed E-state index contributed by atoms with van der Waals surface area (Å²) < 4.78 is 16.5. The van der Waals surface area contributed by atoms with Crippen LogP contribution in [-0.4, -0.2) is 48.8 Å². The molecule has 2 aromatic rings. The van der Waals surface area contributed by atoms with Crippen molar-refractivity contribution in [3.05, 3.63) is 64.9 Å². The Morgan fingerprint density at radius 1 is 1.28 bits per heavy atom. The van der Waals surface area contributed by atoms with Crippen molar-refractivity contribution in [2.45, 2.75) is 44.4 Å². The molecule has 0 bridgehead atoms. The Morgan fingerprint density at radius 2 is 2.00 bits per heavy atom. The summed E-state index contributed by atoms with van der Waals surface area (Å²) in [5.74, 6) is -1.65. The molecule has 0 radical (unpaired) electrons. The Labute approximate surface area is 193 Å². The first-order valence-corrected chi connectivity index (χ1v) is 11.0. The quantitative estimate of drug-likeness (QED) is 0.483. The van der Waals surface area contributed by atoms with Crippen molar-refractivity contribution in [3.8, 4) is 0 Å². The van der Waals surface area contributed by atoms with E-state index < -0.39 is 11.9 Å². The second kappa shape index (κ2) is 10.9. The number of ether oxygens (including phenoxy) is 3. The molecule has 2 atom stereocenters. The molecule has 0 aliphatic carbocycles. The van der Waals surface area contributed by atoms with Crippen LogP contribution in [0.5, 0.6) is 0 Å². The zero-order valence-corrected chi connectivity index (χ0v) is 19.4. The lowest BCUT2D eigenvalue weighted by atomic mass is 9.97. The minimum atomic E-state index is -1.06. The molecule has 1 aromatic heterocycles. The molecule has 172 valence electrons. The molecule has 0 saturated carbocycles. The Hall–Kier alpha value is -2.48. The van der Waals surface area contributed by atoms with Crippen LogP contribution in [0.1, 0.15) is 37.4 Å². The van der Waals surface area contributed by atoms with Crippen LogP contribution in [0.2, 0.25) is 5.02 Å². The molecule has 2 unspecified atom stereocenters. The summed E-state index contributed by atoms with van der Waals surface area (Å²) in [5.41, 5.74) is 1.63. The minimum absolute atomic E-state index is 0.211. The van der Waals surface area contributed by atoms with Gasteiger partial charge in [-0.2, -0.15) is 0 Å². The molecular formula is C24H29ClN2O5. The zero-order chi connectivity index (χ0) is 23.1. The number of aromatic nitrogens is 1. The summed E-state index contributed by atoms with van der Waals surface area (Å²) in [6.07, 6.45) is 3.24. The van der Waals surface area contributed by atoms with Crippen molar-refractivity contribution in [2.24, 2.45) is 5.92 Å². The van der Waals surface area contributed by atoms with Gasteiger partial charge in [-0.3, -0.25) is 9.78 Å². The van der Waals surface area contributed by atoms with Gasteiger partial charge in [0.2, 0.25) is 11.7 Å². The third-order valence-corrected chi connectivity index (χ3v) is 6.08. The van der Waals surface area contributed by atoms with Crippen molar-refractivity contribution in [3.63, 3.8) is 0 Å². The number of nitrogens with zero attached hydrogens (tertiary/aromatic N) is 2. The smallest absolute Gasteiger partial charge is 0.416 e. The number of cyclic esters (lactones) is 1. The van der Waals surface area contributed by atoms with Gasteiger partial charge in [-0.1, -0.05) is 48.9 Å². The molecule has 2 heterocycles. The van der Waals surface area contributed by atoms with Gasteiger partial charge in [-0.05, 0) is 37.0 Å². The van der Waals surface area contributed by atoms with E-state index in [2.05, 4.69) is 4.98 Å². The maximum absolute atomic E-state index is 13.1. The number of benzene rings is 1. The number of halogens is 1. The number of imide groups is 1. The highest BCUT2D eigenvalue weighted by atomic mass is 35.5. The molecule has 0 spiro atoms. The Morgan fingerprint density at radius 3 is 2.66 bits per heavy atom. The van der Waals surface area contributed by atoms with Crippen LogP contribution in [0.4, 0.5) is 4.79 Å². The molecule has 1 aliphatic rings. The molecule has 8 heteroatoms. The third kappa shape index (κ3) is 5.46. The molecule has 7 nitrogen and oxygen atoms in total. The summed E-state index contributed by atoms with van der Waals surface area (Å²) in [6.45, 7) is 2.04. The highest BCUT2D eigenvalue weighted by molar-refractivity contribution is 6.30. The molecular weight excluding hydrogens is 432 g/mol. The van der Waals surface area contributed by atoms with E-state index in [-0.39, 0.29) is 24.5 Å². The van der Waals surface area contributed by atoms with E-state index in [1.807, 2.05) is 37.3 Å². The highest BCUT2D eigenvalue weighted by Crippen LogP contribution is 2.32. The van der Waals surface area contributed by atoms with Gasteiger partial charge in [-0.15, -0.1) is 0 Å². The van der Waals surface area contributed by atoms with Gasteiger partial charge in [0.15, 0.2) is 0 Å². The third-order valence-electron chi connectivity index (χ3n) is 5.85. The number of methoxy groups -OCH3 is 2. The van der Waals surface area contributed by atoms with E-state index in [1.54, 1.807) is 32.5 Å². The van der Waals surface area contributed by atoms with E-state index in [9.17, 15) is 9.59 Å². The fourth-order valence-electron chi connectivity index (χ4n) is 4.01. The van der Waals surface area contributed by atoms with Gasteiger partial charge < -0.3 is 14.2 Å². The number of amides is 2. The van der Waals surface area contributed by atoms with Crippen LogP contribution in [0.15, 0.2) is 48.7 Å². The van der Waals surface area contributed by atoms with Gasteiger partial charge in [0.25, 0.3) is 0 Å². The fourth-order valence-corrected chi connectivity index (χ4v) is 4.17. The van der Waals surface area contributed by atoms with Crippen molar-refractivity contribution in [1.29, 1.82) is 0 Å². The Bertz CT molecular complexity index is 920. The van der Waals surface area contributed by atoms with Gasteiger partial charge in [0.1, 0.15) is 12.3 Å². The number of carbonyl (C=O) groups is 2. The first-order valence-electron chi connectivity index (χ1n) is 10.7. The van der Waals surface area contributed by atoms with Crippen molar-refractivity contribution >= 4 is 23.6 Å². The first kappa shape index (κ1) is 24.2. The van der Waals surface area contributed by atoms with Crippen LogP contribution in [-0.2, 0) is 31.2 Å². The molecule has 2 amide bonds. The standard InChI is InChI=1S/C24H29ClN2O5/c1-17(8-7-12-24(30-2,31-3)21-15-19(25)11-13-26-21)22(28)27-20(16-32-23(27)29)14-18-9-5-4-6-10-18/h4-6,9-11,13,15,17,20H,7-8,12,14,16H2,1-3H3. The molecule has 1 fully saturated rings. The molecule has 1 saturated heterocycles. The maximum Gasteiger partial charge on any atom is 0.416 e. The summed E-state index contributed by atoms with van der Waals surface area (Å²) in [4.78, 5) is 31.0. The number of rotatable bonds is 10. The summed E-state index contributed by atoms with van der Waals surface area (Å²) in [6, 6.07) is 12.9. The van der Waals surface area contributed by atoms with Gasteiger partial charge in [0, 0.05) is 37.8 Å². The van der Waals surface area contributed by atoms with Crippen LogP contribution >= 0.6 is 11.6 Å². The van der Waals surface area contributed by atoms with Crippen LogP contribution in [0, 0.1) is 5.92 Å². The number of pyridine rings is 1. The Kier molecular flexibility index (Phi) is 8.23. The number of hydrogen-bond acceptors (Lipinski definition) is 6. The molecule has 1 aromatic carbocycles. The van der Waals surface area contributed by atoms with Gasteiger partial charge in [-0.25, -0.2) is 9.69 Å². The van der Waals surface area contributed by atoms with Crippen LogP contribution in [0.25, 0.3) is 0 Å². The Balaban J connectivity index is 1.62. The topological polar surface area (TPSA) is 78.0 Å². The maximum atomic E-state index is 13.1. The summed E-state index contributed by atoms with van der Waals surface area (Å²) in [7, 11) is 3.10. The second-order valence-corrected chi connectivity index (χ2v) is 8.38. The van der Waals surface area contributed by atoms with Crippen molar-refractivity contribution < 1.29 is 23.8 Å². The molecule has 32 heavy (non-hydrogen) atoms. The normalized spacial score (nSPS) is 17.3. The van der Waals surface area contributed by atoms with Crippen LogP contribution in [0.3, 0.4) is 0 Å². The number of hydrogen-bond donors (Lipinski definition) is 0. The predicted octanol–water partition coefficient (Wildman–Crippen LogP) is 4.58. The monoisotopic (exact) mass is 460 g/mol. The van der Waals surface area contributed by atoms with E-state index in [1.165, 1.54) is 4.90 Å². The lowest BCUT2D eigenvalue weighted by molar-refractivity contribution is -0.223. The van der Waals surface area contributed by atoms with Crippen LogP contribution < -0.4 is 0 Å².